The summed E-state index contributed by atoms with van der Waals surface area (Å²) in [5.41, 5.74) is 2.47. The van der Waals surface area contributed by atoms with Crippen molar-refractivity contribution in [2.24, 2.45) is 5.92 Å². The molecule has 0 unspecified atom stereocenters. The third-order valence-corrected chi connectivity index (χ3v) is 7.04. The molecule has 0 radical (unpaired) electrons. The van der Waals surface area contributed by atoms with E-state index in [1.54, 1.807) is 41.4 Å². The van der Waals surface area contributed by atoms with Gasteiger partial charge in [-0.2, -0.15) is 5.10 Å². The highest BCUT2D eigenvalue weighted by atomic mass is 32.1. The second kappa shape index (κ2) is 7.68. The first-order valence-electron chi connectivity index (χ1n) is 10.2. The van der Waals surface area contributed by atoms with E-state index in [-0.39, 0.29) is 5.91 Å². The minimum Gasteiger partial charge on any atom is -0.494 e. The van der Waals surface area contributed by atoms with Gasteiger partial charge < -0.3 is 10.1 Å². The average molecular weight is 422 g/mol. The summed E-state index contributed by atoms with van der Waals surface area (Å²) in [6.07, 6.45) is 9.85. The number of benzene rings is 1. The smallest absolute Gasteiger partial charge is 0.261 e. The second-order valence-electron chi connectivity index (χ2n) is 7.93. The molecule has 154 valence electrons. The molecule has 30 heavy (non-hydrogen) atoms. The van der Waals surface area contributed by atoms with Crippen LogP contribution in [0.5, 0.6) is 5.75 Å². The minimum absolute atomic E-state index is 0.271. The summed E-state index contributed by atoms with van der Waals surface area (Å²) in [4.78, 5) is 22.0. The van der Waals surface area contributed by atoms with Crippen LogP contribution in [0.4, 0.5) is 5.69 Å². The molecule has 3 aromatic heterocycles. The zero-order valence-corrected chi connectivity index (χ0v) is 17.8. The van der Waals surface area contributed by atoms with Gasteiger partial charge in [-0.05, 0) is 30.9 Å². The molecule has 1 saturated carbocycles. The normalized spacial score (nSPS) is 19.3. The van der Waals surface area contributed by atoms with Crippen LogP contribution in [0.2, 0.25) is 0 Å². The van der Waals surface area contributed by atoms with Gasteiger partial charge in [-0.25, -0.2) is 14.5 Å². The Morgan fingerprint density at radius 1 is 1.27 bits per heavy atom. The quantitative estimate of drug-likeness (QED) is 0.507. The fraction of sp³-hybridized carbons (Fsp3) is 0.364. The average Bonchev–Trinajstić information content (AvgIpc) is 3.37. The standard InChI is InChI=1S/C22H23N5O2S/c1-13-4-6-14(7-5-13)22-26-17-10-18(29-2)16(11-19(17)30-22)25-21(28)15-12-24-27-9-3-8-23-20(15)27/h3,8-14H,4-7H2,1-2H3,(H,25,28)/t13-,14-. The number of amides is 1. The van der Waals surface area contributed by atoms with Gasteiger partial charge in [0.1, 0.15) is 11.3 Å². The van der Waals surface area contributed by atoms with Gasteiger partial charge in [-0.1, -0.05) is 19.8 Å². The molecule has 0 atom stereocenters. The molecule has 8 heteroatoms. The van der Waals surface area contributed by atoms with E-state index in [4.69, 9.17) is 9.72 Å². The lowest BCUT2D eigenvalue weighted by Gasteiger charge is -2.24. The molecule has 4 aromatic rings. The van der Waals surface area contributed by atoms with E-state index in [2.05, 4.69) is 22.3 Å². The number of aromatic nitrogens is 4. The number of thiazole rings is 1. The van der Waals surface area contributed by atoms with Crippen LogP contribution in [0, 0.1) is 5.92 Å². The van der Waals surface area contributed by atoms with Gasteiger partial charge >= 0.3 is 0 Å². The molecule has 0 saturated heterocycles. The molecule has 0 spiro atoms. The molecule has 0 bridgehead atoms. The van der Waals surface area contributed by atoms with Crippen LogP contribution in [0.15, 0.2) is 36.8 Å². The number of carbonyl (C=O) groups is 1. The Morgan fingerprint density at radius 3 is 2.90 bits per heavy atom. The highest BCUT2D eigenvalue weighted by Gasteiger charge is 2.23. The molecule has 7 nitrogen and oxygen atoms in total. The van der Waals surface area contributed by atoms with Crippen molar-refractivity contribution >= 4 is 38.8 Å². The summed E-state index contributed by atoms with van der Waals surface area (Å²) < 4.78 is 8.17. The van der Waals surface area contributed by atoms with Gasteiger partial charge in [0.15, 0.2) is 5.65 Å². The molecule has 1 N–H and O–H groups in total. The highest BCUT2D eigenvalue weighted by Crippen LogP contribution is 2.41. The third kappa shape index (κ3) is 3.41. The fourth-order valence-electron chi connectivity index (χ4n) is 4.10. The van der Waals surface area contributed by atoms with Crippen LogP contribution < -0.4 is 10.1 Å². The van der Waals surface area contributed by atoms with E-state index < -0.39 is 0 Å². The minimum atomic E-state index is -0.271. The van der Waals surface area contributed by atoms with E-state index in [0.717, 1.165) is 16.1 Å². The molecule has 1 aromatic carbocycles. The Bertz CT molecular complexity index is 1220. The van der Waals surface area contributed by atoms with Crippen molar-refractivity contribution in [3.8, 4) is 5.75 Å². The first kappa shape index (κ1) is 19.0. The lowest BCUT2D eigenvalue weighted by molar-refractivity contribution is 0.102. The summed E-state index contributed by atoms with van der Waals surface area (Å²) in [5, 5.41) is 8.34. The number of nitrogens with zero attached hydrogens (tertiary/aromatic N) is 4. The molecule has 1 fully saturated rings. The topological polar surface area (TPSA) is 81.4 Å². The number of fused-ring (bicyclic) bond motifs is 2. The van der Waals surface area contributed by atoms with Crippen LogP contribution >= 0.6 is 11.3 Å². The van der Waals surface area contributed by atoms with E-state index in [9.17, 15) is 4.79 Å². The number of nitrogens with one attached hydrogen (secondary N) is 1. The second-order valence-corrected chi connectivity index (χ2v) is 8.99. The van der Waals surface area contributed by atoms with Crippen LogP contribution in [-0.4, -0.2) is 32.6 Å². The molecule has 1 aliphatic rings. The summed E-state index contributed by atoms with van der Waals surface area (Å²) in [5.74, 6) is 1.67. The lowest BCUT2D eigenvalue weighted by atomic mass is 9.83. The van der Waals surface area contributed by atoms with Crippen LogP contribution in [0.25, 0.3) is 15.9 Å². The monoisotopic (exact) mass is 421 g/mol. The van der Waals surface area contributed by atoms with Crippen LogP contribution in [0.1, 0.15) is 53.9 Å². The lowest BCUT2D eigenvalue weighted by Crippen LogP contribution is -2.12. The van der Waals surface area contributed by atoms with Crippen molar-refractivity contribution in [3.05, 3.63) is 47.4 Å². The maximum atomic E-state index is 12.9. The van der Waals surface area contributed by atoms with Crippen molar-refractivity contribution in [3.63, 3.8) is 0 Å². The van der Waals surface area contributed by atoms with E-state index in [1.165, 1.54) is 36.9 Å². The number of hydrogen-bond donors (Lipinski definition) is 1. The summed E-state index contributed by atoms with van der Waals surface area (Å²) >= 11 is 1.72. The predicted octanol–water partition coefficient (Wildman–Crippen LogP) is 4.89. The number of carbonyl (C=O) groups excluding carboxylic acids is 1. The van der Waals surface area contributed by atoms with Gasteiger partial charge in [0.05, 0.1) is 34.2 Å². The molecular formula is C22H23N5O2S. The number of methoxy groups -OCH3 is 1. The first-order valence-corrected chi connectivity index (χ1v) is 11.0. The first-order chi connectivity index (χ1) is 14.6. The van der Waals surface area contributed by atoms with Gasteiger partial charge in [0.25, 0.3) is 5.91 Å². The molecule has 5 rings (SSSR count). The molecular weight excluding hydrogens is 398 g/mol. The summed E-state index contributed by atoms with van der Waals surface area (Å²) in [7, 11) is 1.60. The molecule has 1 amide bonds. The van der Waals surface area contributed by atoms with Crippen LogP contribution in [-0.2, 0) is 0 Å². The molecule has 1 aliphatic carbocycles. The Kier molecular flexibility index (Phi) is 4.86. The van der Waals surface area contributed by atoms with E-state index in [1.807, 2.05) is 12.1 Å². The SMILES string of the molecule is COc1cc2nc([C@H]3CC[C@H](C)CC3)sc2cc1NC(=O)c1cnn2cccnc12. The largest absolute Gasteiger partial charge is 0.494 e. The van der Waals surface area contributed by atoms with Crippen molar-refractivity contribution in [1.29, 1.82) is 0 Å². The number of rotatable bonds is 4. The number of ether oxygens (including phenoxy) is 1. The highest BCUT2D eigenvalue weighted by molar-refractivity contribution is 7.18. The summed E-state index contributed by atoms with van der Waals surface area (Å²) in [6, 6.07) is 5.63. The van der Waals surface area contributed by atoms with E-state index >= 15 is 0 Å². The summed E-state index contributed by atoms with van der Waals surface area (Å²) in [6.45, 7) is 2.33. The van der Waals surface area contributed by atoms with Crippen molar-refractivity contribution < 1.29 is 9.53 Å². The maximum Gasteiger partial charge on any atom is 0.261 e. The van der Waals surface area contributed by atoms with Gasteiger partial charge in [0.2, 0.25) is 0 Å². The van der Waals surface area contributed by atoms with Crippen molar-refractivity contribution in [1.82, 2.24) is 19.6 Å². The fourth-order valence-corrected chi connectivity index (χ4v) is 5.26. The molecule has 0 aliphatic heterocycles. The molecule has 3 heterocycles. The van der Waals surface area contributed by atoms with Crippen LogP contribution in [0.3, 0.4) is 0 Å². The number of hydrogen-bond acceptors (Lipinski definition) is 6. The van der Waals surface area contributed by atoms with Gasteiger partial charge in [-0.3, -0.25) is 4.79 Å². The van der Waals surface area contributed by atoms with Crippen molar-refractivity contribution in [2.75, 3.05) is 12.4 Å². The third-order valence-electron chi connectivity index (χ3n) is 5.86. The van der Waals surface area contributed by atoms with Gasteiger partial charge in [-0.15, -0.1) is 11.3 Å². The zero-order valence-electron chi connectivity index (χ0n) is 17.0. The predicted molar refractivity (Wildman–Crippen MR) is 117 cm³/mol. The maximum absolute atomic E-state index is 12.9. The Morgan fingerprint density at radius 2 is 2.10 bits per heavy atom. The Balaban J connectivity index is 1.45. The van der Waals surface area contributed by atoms with Crippen molar-refractivity contribution in [2.45, 2.75) is 38.5 Å². The van der Waals surface area contributed by atoms with E-state index in [0.29, 0.717) is 28.6 Å². The number of anilines is 1. The Labute approximate surface area is 178 Å². The zero-order chi connectivity index (χ0) is 20.7. The Hall–Kier alpha value is -3.00. The van der Waals surface area contributed by atoms with Gasteiger partial charge in [0, 0.05) is 24.4 Å².